The molecule has 0 aromatic heterocycles. The zero-order valence-corrected chi connectivity index (χ0v) is 20.3. The van der Waals surface area contributed by atoms with Crippen molar-refractivity contribution in [3.63, 3.8) is 0 Å². The first kappa shape index (κ1) is 25.0. The van der Waals surface area contributed by atoms with Gasteiger partial charge < -0.3 is 15.0 Å². The number of nitrogens with zero attached hydrogens (tertiary/aromatic N) is 2. The molecule has 3 aromatic carbocycles. The van der Waals surface area contributed by atoms with Gasteiger partial charge in [-0.25, -0.2) is 14.1 Å². The van der Waals surface area contributed by atoms with Crippen LogP contribution < -0.4 is 10.2 Å². The third-order valence-electron chi connectivity index (χ3n) is 5.89. The van der Waals surface area contributed by atoms with Crippen molar-refractivity contribution in [2.45, 2.75) is 18.9 Å². The summed E-state index contributed by atoms with van der Waals surface area (Å²) in [5, 5.41) is 3.31. The molecule has 3 aromatic rings. The number of imide groups is 1. The van der Waals surface area contributed by atoms with Crippen LogP contribution in [0.25, 0.3) is 0 Å². The van der Waals surface area contributed by atoms with Crippen molar-refractivity contribution < 1.29 is 23.5 Å². The number of amides is 2. The Balaban J connectivity index is 1.57. The van der Waals surface area contributed by atoms with Crippen molar-refractivity contribution in [1.82, 2.24) is 4.90 Å². The third-order valence-corrected chi connectivity index (χ3v) is 6.22. The average molecular weight is 506 g/mol. The summed E-state index contributed by atoms with van der Waals surface area (Å²) in [6.07, 6.45) is 0.537. The summed E-state index contributed by atoms with van der Waals surface area (Å²) in [7, 11) is 1.28. The van der Waals surface area contributed by atoms with Crippen LogP contribution in [0.3, 0.4) is 0 Å². The molecular weight excluding hydrogens is 481 g/mol. The SMILES string of the molecule is COC(=O)c1ccc(N2C(=O)CC(N(CCc3ccccc3)C(=S)Nc3ccc(F)cc3)C2=O)cc1. The van der Waals surface area contributed by atoms with E-state index in [4.69, 9.17) is 17.0 Å². The normalized spacial score (nSPS) is 15.1. The monoisotopic (exact) mass is 505 g/mol. The van der Waals surface area contributed by atoms with Gasteiger partial charge in [0, 0.05) is 12.2 Å². The molecule has 1 fully saturated rings. The van der Waals surface area contributed by atoms with E-state index in [0.29, 0.717) is 29.9 Å². The largest absolute Gasteiger partial charge is 0.465 e. The number of nitrogens with one attached hydrogen (secondary N) is 1. The van der Waals surface area contributed by atoms with Crippen molar-refractivity contribution in [2.75, 3.05) is 23.9 Å². The van der Waals surface area contributed by atoms with Crippen LogP contribution in [0.5, 0.6) is 0 Å². The van der Waals surface area contributed by atoms with Gasteiger partial charge in [0.1, 0.15) is 11.9 Å². The lowest BCUT2D eigenvalue weighted by Crippen LogP contribution is -2.48. The summed E-state index contributed by atoms with van der Waals surface area (Å²) < 4.78 is 18.0. The third kappa shape index (κ3) is 5.58. The molecule has 4 rings (SSSR count). The summed E-state index contributed by atoms with van der Waals surface area (Å²) in [5.41, 5.74) is 2.30. The lowest BCUT2D eigenvalue weighted by atomic mass is 10.1. The minimum atomic E-state index is -0.818. The molecule has 0 aliphatic carbocycles. The van der Waals surface area contributed by atoms with Gasteiger partial charge in [-0.1, -0.05) is 30.3 Å². The Bertz CT molecular complexity index is 1270. The molecule has 7 nitrogen and oxygen atoms in total. The molecule has 0 spiro atoms. The van der Waals surface area contributed by atoms with Gasteiger partial charge in [0.05, 0.1) is 24.8 Å². The Morgan fingerprint density at radius 2 is 1.72 bits per heavy atom. The van der Waals surface area contributed by atoms with Crippen LogP contribution in [0.2, 0.25) is 0 Å². The zero-order valence-electron chi connectivity index (χ0n) is 19.5. The average Bonchev–Trinajstić information content (AvgIpc) is 3.19. The van der Waals surface area contributed by atoms with E-state index in [2.05, 4.69) is 5.32 Å². The number of hydrogen-bond acceptors (Lipinski definition) is 5. The molecule has 1 N–H and O–H groups in total. The Hall–Kier alpha value is -4.11. The van der Waals surface area contributed by atoms with E-state index in [-0.39, 0.29) is 23.3 Å². The number of rotatable bonds is 7. The van der Waals surface area contributed by atoms with Gasteiger partial charge in [0.2, 0.25) is 5.91 Å². The maximum absolute atomic E-state index is 13.5. The predicted octanol–water partition coefficient (Wildman–Crippen LogP) is 4.19. The molecule has 1 heterocycles. The number of methoxy groups -OCH3 is 1. The standard InChI is InChI=1S/C27H24FN3O4S/c1-35-26(34)19-7-13-22(14-8-19)31-24(32)17-23(25(31)33)30(16-15-18-5-3-2-4-6-18)27(36)29-21-11-9-20(28)10-12-21/h2-14,23H,15-17H2,1H3,(H,29,36). The molecule has 0 radical (unpaired) electrons. The van der Waals surface area contributed by atoms with Crippen molar-refractivity contribution in [2.24, 2.45) is 0 Å². The molecule has 1 saturated heterocycles. The summed E-state index contributed by atoms with van der Waals surface area (Å²) >= 11 is 5.64. The number of thiocarbonyl (C=S) groups is 1. The number of hydrogen-bond donors (Lipinski definition) is 1. The van der Waals surface area contributed by atoms with Gasteiger partial charge in [0.25, 0.3) is 5.91 Å². The highest BCUT2D eigenvalue weighted by Crippen LogP contribution is 2.27. The van der Waals surface area contributed by atoms with Crippen molar-refractivity contribution in [1.29, 1.82) is 0 Å². The summed E-state index contributed by atoms with van der Waals surface area (Å²) in [5.74, 6) is -1.67. The van der Waals surface area contributed by atoms with Crippen LogP contribution in [0.4, 0.5) is 15.8 Å². The van der Waals surface area contributed by atoms with Gasteiger partial charge >= 0.3 is 5.97 Å². The Kier molecular flexibility index (Phi) is 7.70. The van der Waals surface area contributed by atoms with Gasteiger partial charge in [-0.05, 0) is 72.7 Å². The number of esters is 1. The van der Waals surface area contributed by atoms with Crippen LogP contribution in [0, 0.1) is 5.82 Å². The molecule has 9 heteroatoms. The lowest BCUT2D eigenvalue weighted by Gasteiger charge is -2.30. The predicted molar refractivity (Wildman–Crippen MR) is 138 cm³/mol. The molecule has 1 aliphatic rings. The minimum Gasteiger partial charge on any atom is -0.465 e. The molecule has 0 saturated carbocycles. The van der Waals surface area contributed by atoms with Crippen LogP contribution >= 0.6 is 12.2 Å². The van der Waals surface area contributed by atoms with Crippen LogP contribution in [-0.4, -0.2) is 47.5 Å². The second kappa shape index (κ2) is 11.1. The Morgan fingerprint density at radius 1 is 1.06 bits per heavy atom. The van der Waals surface area contributed by atoms with Gasteiger partial charge in [-0.2, -0.15) is 0 Å². The van der Waals surface area contributed by atoms with E-state index in [1.165, 1.54) is 43.5 Å². The van der Waals surface area contributed by atoms with E-state index in [0.717, 1.165) is 10.5 Å². The van der Waals surface area contributed by atoms with E-state index in [9.17, 15) is 18.8 Å². The van der Waals surface area contributed by atoms with Gasteiger partial charge in [-0.3, -0.25) is 9.59 Å². The lowest BCUT2D eigenvalue weighted by molar-refractivity contribution is -0.122. The molecule has 0 bridgehead atoms. The minimum absolute atomic E-state index is 0.0579. The fraction of sp³-hybridized carbons (Fsp3) is 0.185. The van der Waals surface area contributed by atoms with Crippen molar-refractivity contribution in [3.8, 4) is 0 Å². The number of halogens is 1. The smallest absolute Gasteiger partial charge is 0.337 e. The Morgan fingerprint density at radius 3 is 2.36 bits per heavy atom. The van der Waals surface area contributed by atoms with E-state index >= 15 is 0 Å². The molecular formula is C27H24FN3O4S. The fourth-order valence-corrected chi connectivity index (χ4v) is 4.35. The number of carbonyl (C=O) groups is 3. The first-order valence-electron chi connectivity index (χ1n) is 11.3. The van der Waals surface area contributed by atoms with E-state index in [1.807, 2.05) is 30.3 Å². The second-order valence-electron chi connectivity index (χ2n) is 8.19. The maximum Gasteiger partial charge on any atom is 0.337 e. The highest BCUT2D eigenvalue weighted by atomic mass is 32.1. The molecule has 1 aliphatic heterocycles. The van der Waals surface area contributed by atoms with E-state index in [1.54, 1.807) is 17.0 Å². The first-order chi connectivity index (χ1) is 17.4. The second-order valence-corrected chi connectivity index (χ2v) is 8.58. The van der Waals surface area contributed by atoms with Gasteiger partial charge in [-0.15, -0.1) is 0 Å². The van der Waals surface area contributed by atoms with Crippen LogP contribution in [0.15, 0.2) is 78.9 Å². The molecule has 1 unspecified atom stereocenters. The quantitative estimate of drug-likeness (QED) is 0.293. The molecule has 184 valence electrons. The summed E-state index contributed by atoms with van der Waals surface area (Å²) in [6.45, 7) is 0.385. The van der Waals surface area contributed by atoms with Gasteiger partial charge in [0.15, 0.2) is 5.11 Å². The van der Waals surface area contributed by atoms with Crippen LogP contribution in [-0.2, 0) is 20.7 Å². The van der Waals surface area contributed by atoms with Crippen molar-refractivity contribution >= 4 is 46.5 Å². The summed E-state index contributed by atoms with van der Waals surface area (Å²) in [6, 6.07) is 20.7. The van der Waals surface area contributed by atoms with Crippen molar-refractivity contribution in [3.05, 3.63) is 95.8 Å². The molecule has 2 amide bonds. The zero-order chi connectivity index (χ0) is 25.7. The number of anilines is 2. The number of benzene rings is 3. The highest BCUT2D eigenvalue weighted by molar-refractivity contribution is 7.80. The maximum atomic E-state index is 13.5. The highest BCUT2D eigenvalue weighted by Gasteiger charge is 2.43. The topological polar surface area (TPSA) is 79.0 Å². The fourth-order valence-electron chi connectivity index (χ4n) is 4.02. The number of carbonyl (C=O) groups excluding carboxylic acids is 3. The first-order valence-corrected chi connectivity index (χ1v) is 11.7. The van der Waals surface area contributed by atoms with E-state index < -0.39 is 17.9 Å². The Labute approximate surface area is 213 Å². The molecule has 1 atom stereocenters. The molecule has 36 heavy (non-hydrogen) atoms. The number of ether oxygens (including phenoxy) is 1. The summed E-state index contributed by atoms with van der Waals surface area (Å²) in [4.78, 5) is 41.0. The van der Waals surface area contributed by atoms with Crippen LogP contribution in [0.1, 0.15) is 22.3 Å².